The summed E-state index contributed by atoms with van der Waals surface area (Å²) in [7, 11) is 0. The molecule has 0 bridgehead atoms. The van der Waals surface area contributed by atoms with Gasteiger partial charge in [0.25, 0.3) is 0 Å². The minimum absolute atomic E-state index is 0.0134. The lowest BCUT2D eigenvalue weighted by atomic mass is 10.1. The monoisotopic (exact) mass is 342 g/mol. The van der Waals surface area contributed by atoms with E-state index in [4.69, 9.17) is 0 Å². The van der Waals surface area contributed by atoms with Crippen molar-refractivity contribution in [1.29, 1.82) is 0 Å². The van der Waals surface area contributed by atoms with Crippen LogP contribution in [0.5, 0.6) is 0 Å². The molecular weight excluding hydrogens is 319 g/mol. The number of amides is 2. The lowest BCUT2D eigenvalue weighted by Gasteiger charge is -2.20. The number of hydrogen-bond donors (Lipinski definition) is 1. The number of nitrogens with zero attached hydrogens (tertiary/aromatic N) is 1. The first-order valence-electron chi connectivity index (χ1n) is 8.27. The molecule has 0 radical (unpaired) electrons. The van der Waals surface area contributed by atoms with Crippen LogP contribution in [-0.2, 0) is 22.6 Å². The van der Waals surface area contributed by atoms with Gasteiger partial charge in [0.05, 0.1) is 6.54 Å². The molecule has 0 saturated carbocycles. The van der Waals surface area contributed by atoms with Crippen molar-refractivity contribution in [2.24, 2.45) is 0 Å². The minimum atomic E-state index is -0.276. The molecule has 4 nitrogen and oxygen atoms in total. The molecule has 2 rings (SSSR count). The van der Waals surface area contributed by atoms with Crippen molar-refractivity contribution in [3.05, 3.63) is 71.0 Å². The summed E-state index contributed by atoms with van der Waals surface area (Å²) in [6.07, 6.45) is 0.413. The molecule has 0 aromatic heterocycles. The number of aryl methyl sites for hydroxylation is 1. The largest absolute Gasteiger partial charge is 0.354 e. The molecule has 2 aromatic carbocycles. The normalized spacial score (nSPS) is 10.4. The Kier molecular flexibility index (Phi) is 6.69. The predicted octanol–water partition coefficient (Wildman–Crippen LogP) is 2.84. The molecule has 1 N–H and O–H groups in total. The first-order valence-corrected chi connectivity index (χ1v) is 8.27. The molecule has 0 fully saturated rings. The van der Waals surface area contributed by atoms with Crippen molar-refractivity contribution in [2.45, 2.75) is 26.8 Å². The Morgan fingerprint density at radius 1 is 1.08 bits per heavy atom. The second-order valence-electron chi connectivity index (χ2n) is 6.05. The molecule has 25 heavy (non-hydrogen) atoms. The van der Waals surface area contributed by atoms with E-state index in [1.54, 1.807) is 18.2 Å². The Balaban J connectivity index is 1.84. The molecule has 0 atom stereocenters. The summed E-state index contributed by atoms with van der Waals surface area (Å²) in [6, 6.07) is 14.3. The molecule has 5 heteroatoms. The van der Waals surface area contributed by atoms with E-state index in [1.807, 2.05) is 31.2 Å². The molecular formula is C20H23FN2O2. The first-order chi connectivity index (χ1) is 12.0. The molecule has 0 saturated heterocycles. The van der Waals surface area contributed by atoms with Crippen LogP contribution in [0.2, 0.25) is 0 Å². The molecule has 0 spiro atoms. The van der Waals surface area contributed by atoms with Gasteiger partial charge in [-0.3, -0.25) is 9.59 Å². The number of rotatable bonds is 7. The smallest absolute Gasteiger partial charge is 0.239 e. The summed E-state index contributed by atoms with van der Waals surface area (Å²) < 4.78 is 13.5. The molecule has 0 aliphatic carbocycles. The van der Waals surface area contributed by atoms with E-state index in [0.717, 1.165) is 11.1 Å². The van der Waals surface area contributed by atoms with Gasteiger partial charge in [-0.25, -0.2) is 4.39 Å². The quantitative estimate of drug-likeness (QED) is 0.841. The molecule has 0 heterocycles. The topological polar surface area (TPSA) is 49.4 Å². The van der Waals surface area contributed by atoms with Gasteiger partial charge in [-0.05, 0) is 30.5 Å². The van der Waals surface area contributed by atoms with E-state index in [0.29, 0.717) is 25.1 Å². The fourth-order valence-electron chi connectivity index (χ4n) is 2.46. The minimum Gasteiger partial charge on any atom is -0.354 e. The van der Waals surface area contributed by atoms with Gasteiger partial charge in [-0.2, -0.15) is 0 Å². The Labute approximate surface area is 147 Å². The molecule has 0 aliphatic heterocycles. The molecule has 132 valence electrons. The highest BCUT2D eigenvalue weighted by atomic mass is 19.1. The summed E-state index contributed by atoms with van der Waals surface area (Å²) >= 11 is 0. The number of nitrogens with one attached hydrogen (secondary N) is 1. The van der Waals surface area contributed by atoms with Crippen LogP contribution in [0.3, 0.4) is 0 Å². The number of benzene rings is 2. The summed E-state index contributed by atoms with van der Waals surface area (Å²) in [5.74, 6) is -0.690. The first kappa shape index (κ1) is 18.6. The number of carbonyl (C=O) groups is 2. The number of hydrogen-bond acceptors (Lipinski definition) is 2. The maximum atomic E-state index is 13.5. The highest BCUT2D eigenvalue weighted by Crippen LogP contribution is 2.08. The second kappa shape index (κ2) is 8.97. The van der Waals surface area contributed by atoms with Gasteiger partial charge in [-0.1, -0.05) is 48.0 Å². The third kappa shape index (κ3) is 6.03. The van der Waals surface area contributed by atoms with Gasteiger partial charge in [0.2, 0.25) is 11.8 Å². The zero-order chi connectivity index (χ0) is 18.2. The van der Waals surface area contributed by atoms with Crippen molar-refractivity contribution in [3.63, 3.8) is 0 Å². The summed E-state index contributed by atoms with van der Waals surface area (Å²) in [5, 5.41) is 2.74. The SMILES string of the molecule is CC(=O)N(CC(=O)NCCc1ccccc1F)Cc1ccc(C)cc1. The van der Waals surface area contributed by atoms with Gasteiger partial charge in [0, 0.05) is 20.0 Å². The third-order valence-corrected chi connectivity index (χ3v) is 3.95. The maximum absolute atomic E-state index is 13.5. The Hall–Kier alpha value is -2.69. The van der Waals surface area contributed by atoms with Crippen molar-refractivity contribution < 1.29 is 14.0 Å². The Morgan fingerprint density at radius 3 is 2.40 bits per heavy atom. The van der Waals surface area contributed by atoms with E-state index in [2.05, 4.69) is 5.32 Å². The predicted molar refractivity (Wildman–Crippen MR) is 95.4 cm³/mol. The van der Waals surface area contributed by atoms with Crippen molar-refractivity contribution in [3.8, 4) is 0 Å². The molecule has 0 unspecified atom stereocenters. The van der Waals surface area contributed by atoms with Gasteiger partial charge in [0.15, 0.2) is 0 Å². The van der Waals surface area contributed by atoms with Crippen LogP contribution in [0.4, 0.5) is 4.39 Å². The lowest BCUT2D eigenvalue weighted by Crippen LogP contribution is -2.40. The zero-order valence-electron chi connectivity index (χ0n) is 14.6. The van der Waals surface area contributed by atoms with Crippen LogP contribution in [0, 0.1) is 12.7 Å². The summed E-state index contributed by atoms with van der Waals surface area (Å²) in [4.78, 5) is 25.4. The zero-order valence-corrected chi connectivity index (χ0v) is 14.6. The highest BCUT2D eigenvalue weighted by molar-refractivity contribution is 5.83. The van der Waals surface area contributed by atoms with Crippen LogP contribution >= 0.6 is 0 Å². The van der Waals surface area contributed by atoms with Gasteiger partial charge in [-0.15, -0.1) is 0 Å². The van der Waals surface area contributed by atoms with Crippen molar-refractivity contribution >= 4 is 11.8 Å². The molecule has 2 aromatic rings. The Morgan fingerprint density at radius 2 is 1.76 bits per heavy atom. The highest BCUT2D eigenvalue weighted by Gasteiger charge is 2.14. The lowest BCUT2D eigenvalue weighted by molar-refractivity contribution is -0.134. The Bertz CT molecular complexity index is 729. The standard InChI is InChI=1S/C20H23FN2O2/c1-15-7-9-17(10-8-15)13-23(16(2)24)14-20(25)22-12-11-18-5-3-4-6-19(18)21/h3-10H,11-14H2,1-2H3,(H,22,25). The van der Waals surface area contributed by atoms with Crippen molar-refractivity contribution in [2.75, 3.05) is 13.1 Å². The van der Waals surface area contributed by atoms with E-state index in [1.165, 1.54) is 17.9 Å². The van der Waals surface area contributed by atoms with Crippen LogP contribution in [-0.4, -0.2) is 29.8 Å². The maximum Gasteiger partial charge on any atom is 0.239 e. The number of halogens is 1. The van der Waals surface area contributed by atoms with Crippen molar-refractivity contribution in [1.82, 2.24) is 10.2 Å². The third-order valence-electron chi connectivity index (χ3n) is 3.95. The average molecular weight is 342 g/mol. The van der Waals surface area contributed by atoms with Gasteiger partial charge >= 0.3 is 0 Å². The van der Waals surface area contributed by atoms with Crippen LogP contribution in [0.15, 0.2) is 48.5 Å². The van der Waals surface area contributed by atoms with E-state index >= 15 is 0 Å². The second-order valence-corrected chi connectivity index (χ2v) is 6.05. The van der Waals surface area contributed by atoms with E-state index in [-0.39, 0.29) is 24.2 Å². The summed E-state index contributed by atoms with van der Waals surface area (Å²) in [5.41, 5.74) is 2.68. The van der Waals surface area contributed by atoms with Gasteiger partial charge < -0.3 is 10.2 Å². The molecule has 2 amide bonds. The van der Waals surface area contributed by atoms with Crippen LogP contribution < -0.4 is 5.32 Å². The average Bonchev–Trinajstić information content (AvgIpc) is 2.58. The summed E-state index contributed by atoms with van der Waals surface area (Å²) in [6.45, 7) is 4.14. The van der Waals surface area contributed by atoms with E-state index < -0.39 is 0 Å². The van der Waals surface area contributed by atoms with Crippen LogP contribution in [0.25, 0.3) is 0 Å². The fourth-order valence-corrected chi connectivity index (χ4v) is 2.46. The van der Waals surface area contributed by atoms with Gasteiger partial charge in [0.1, 0.15) is 5.82 Å². The van der Waals surface area contributed by atoms with Crippen LogP contribution in [0.1, 0.15) is 23.6 Å². The number of carbonyl (C=O) groups excluding carboxylic acids is 2. The fraction of sp³-hybridized carbons (Fsp3) is 0.300. The molecule has 0 aliphatic rings. The van der Waals surface area contributed by atoms with E-state index in [9.17, 15) is 14.0 Å².